The third-order valence-corrected chi connectivity index (χ3v) is 6.30. The molecular weight excluding hydrogens is 462 g/mol. The van der Waals surface area contributed by atoms with E-state index in [9.17, 15) is 35.9 Å². The number of carbonyl (C=O) groups excluding carboxylic acids is 2. The lowest BCUT2D eigenvalue weighted by molar-refractivity contribution is -0.143. The van der Waals surface area contributed by atoms with E-state index in [1.54, 1.807) is 6.92 Å². The quantitative estimate of drug-likeness (QED) is 0.512. The molecule has 10 heteroatoms. The van der Waals surface area contributed by atoms with Crippen LogP contribution in [0.15, 0.2) is 36.4 Å². The van der Waals surface area contributed by atoms with Crippen LogP contribution in [0, 0.1) is 25.2 Å². The molecule has 184 valence electrons. The number of hydrogen-bond acceptors (Lipinski definition) is 2. The summed E-state index contributed by atoms with van der Waals surface area (Å²) in [6.45, 7) is 6.77. The monoisotopic (exact) mass is 486 g/mol. The first-order chi connectivity index (χ1) is 15.6. The Kier molecular flexibility index (Phi) is 6.49. The standard InChI is InChI=1S/C24H24F6N2O2/c1-5-18-20(33)32(19-13(2)7-6-8-14(19)3)12-22(18,4)21(34)31-17-10-15(23(25,26)27)9-16(11-17)24(28,29)30/h6-11,18H,5,12H2,1-4H3,(H,31,34)/t18-,22+/m1/s1. The highest BCUT2D eigenvalue weighted by Crippen LogP contribution is 2.44. The van der Waals surface area contributed by atoms with E-state index in [0.29, 0.717) is 17.8 Å². The van der Waals surface area contributed by atoms with Crippen LogP contribution in [0.4, 0.5) is 37.7 Å². The van der Waals surface area contributed by atoms with Gasteiger partial charge in [0.2, 0.25) is 11.8 Å². The van der Waals surface area contributed by atoms with Crippen molar-refractivity contribution >= 4 is 23.2 Å². The van der Waals surface area contributed by atoms with E-state index >= 15 is 0 Å². The first-order valence-corrected chi connectivity index (χ1v) is 10.6. The number of hydrogen-bond donors (Lipinski definition) is 1. The predicted molar refractivity (Wildman–Crippen MR) is 115 cm³/mol. The number of aryl methyl sites for hydroxylation is 2. The smallest absolute Gasteiger partial charge is 0.326 e. The van der Waals surface area contributed by atoms with Crippen molar-refractivity contribution in [2.24, 2.45) is 11.3 Å². The van der Waals surface area contributed by atoms with Gasteiger partial charge in [-0.05, 0) is 56.5 Å². The molecule has 1 fully saturated rings. The minimum absolute atomic E-state index is 0.00595. The molecular formula is C24H24F6N2O2. The zero-order valence-corrected chi connectivity index (χ0v) is 19.0. The molecule has 1 aliphatic heterocycles. The highest BCUT2D eigenvalue weighted by Gasteiger charge is 2.53. The van der Waals surface area contributed by atoms with Crippen molar-refractivity contribution in [1.82, 2.24) is 0 Å². The van der Waals surface area contributed by atoms with Crippen LogP contribution < -0.4 is 10.2 Å². The molecule has 2 aromatic rings. The number of alkyl halides is 6. The summed E-state index contributed by atoms with van der Waals surface area (Å²) in [7, 11) is 0. The number of halogens is 6. The maximum absolute atomic E-state index is 13.3. The number of anilines is 2. The van der Waals surface area contributed by atoms with E-state index < -0.39 is 46.4 Å². The van der Waals surface area contributed by atoms with E-state index in [1.165, 1.54) is 11.8 Å². The molecule has 2 atom stereocenters. The number of para-hydroxylation sites is 1. The number of nitrogens with zero attached hydrogens (tertiary/aromatic N) is 1. The molecule has 1 heterocycles. The Morgan fingerprint density at radius 3 is 1.97 bits per heavy atom. The Morgan fingerprint density at radius 1 is 1.03 bits per heavy atom. The van der Waals surface area contributed by atoms with Crippen molar-refractivity contribution < 1.29 is 35.9 Å². The van der Waals surface area contributed by atoms with Gasteiger partial charge in [-0.25, -0.2) is 0 Å². The molecule has 0 unspecified atom stereocenters. The maximum Gasteiger partial charge on any atom is 0.416 e. The van der Waals surface area contributed by atoms with Gasteiger partial charge in [-0.3, -0.25) is 9.59 Å². The van der Waals surface area contributed by atoms with Crippen molar-refractivity contribution in [2.75, 3.05) is 16.8 Å². The highest BCUT2D eigenvalue weighted by molar-refractivity contribution is 6.07. The van der Waals surface area contributed by atoms with E-state index in [2.05, 4.69) is 5.32 Å². The highest BCUT2D eigenvalue weighted by atomic mass is 19.4. The van der Waals surface area contributed by atoms with Crippen LogP contribution in [0.25, 0.3) is 0 Å². The zero-order chi connectivity index (χ0) is 25.6. The normalized spacial score (nSPS) is 21.2. The number of nitrogens with one attached hydrogen (secondary N) is 1. The second kappa shape index (κ2) is 8.63. The molecule has 1 aliphatic rings. The van der Waals surface area contributed by atoms with Crippen LogP contribution in [0.1, 0.15) is 42.5 Å². The fourth-order valence-electron chi connectivity index (χ4n) is 4.55. The Balaban J connectivity index is 2.00. The molecule has 1 N–H and O–H groups in total. The largest absolute Gasteiger partial charge is 0.416 e. The Morgan fingerprint density at radius 2 is 1.53 bits per heavy atom. The summed E-state index contributed by atoms with van der Waals surface area (Å²) >= 11 is 0. The number of carbonyl (C=O) groups is 2. The number of benzene rings is 2. The van der Waals surface area contributed by atoms with Crippen LogP contribution in [0.3, 0.4) is 0 Å². The summed E-state index contributed by atoms with van der Waals surface area (Å²) in [5.74, 6) is -1.95. The third kappa shape index (κ3) is 4.63. The predicted octanol–water partition coefficient (Wildman–Crippen LogP) is 6.36. The van der Waals surface area contributed by atoms with Gasteiger partial charge in [0.25, 0.3) is 0 Å². The number of amides is 2. The lowest BCUT2D eigenvalue weighted by Gasteiger charge is -2.28. The van der Waals surface area contributed by atoms with E-state index in [4.69, 9.17) is 0 Å². The third-order valence-electron chi connectivity index (χ3n) is 6.30. The van der Waals surface area contributed by atoms with Gasteiger partial charge in [0.15, 0.2) is 0 Å². The van der Waals surface area contributed by atoms with Crippen LogP contribution in [-0.4, -0.2) is 18.4 Å². The molecule has 0 spiro atoms. The molecule has 0 radical (unpaired) electrons. The average molecular weight is 486 g/mol. The molecule has 1 saturated heterocycles. The van der Waals surface area contributed by atoms with Gasteiger partial charge < -0.3 is 10.2 Å². The van der Waals surface area contributed by atoms with Crippen molar-refractivity contribution in [3.63, 3.8) is 0 Å². The summed E-state index contributed by atoms with van der Waals surface area (Å²) in [5, 5.41) is 2.22. The summed E-state index contributed by atoms with van der Waals surface area (Å²) in [6, 6.07) is 6.36. The van der Waals surface area contributed by atoms with Crippen molar-refractivity contribution in [3.8, 4) is 0 Å². The van der Waals surface area contributed by atoms with E-state index in [-0.39, 0.29) is 24.9 Å². The average Bonchev–Trinajstić information content (AvgIpc) is 2.97. The minimum Gasteiger partial charge on any atom is -0.326 e. The molecule has 34 heavy (non-hydrogen) atoms. The van der Waals surface area contributed by atoms with Crippen LogP contribution in [0.5, 0.6) is 0 Å². The summed E-state index contributed by atoms with van der Waals surface area (Å²) in [4.78, 5) is 28.0. The lowest BCUT2D eigenvalue weighted by atomic mass is 9.77. The van der Waals surface area contributed by atoms with Gasteiger partial charge in [-0.1, -0.05) is 25.1 Å². The fraction of sp³-hybridized carbons (Fsp3) is 0.417. The van der Waals surface area contributed by atoms with Gasteiger partial charge in [0.1, 0.15) is 0 Å². The van der Waals surface area contributed by atoms with Gasteiger partial charge in [0.05, 0.1) is 22.5 Å². The molecule has 3 rings (SSSR count). The number of rotatable bonds is 4. The van der Waals surface area contributed by atoms with E-state index in [1.807, 2.05) is 32.0 Å². The molecule has 0 bridgehead atoms. The van der Waals surface area contributed by atoms with Crippen molar-refractivity contribution in [1.29, 1.82) is 0 Å². The SMILES string of the molecule is CC[C@@H]1C(=O)N(c2c(C)cccc2C)C[C@]1(C)C(=O)Nc1cc(C(F)(F)F)cc(C(F)(F)F)c1. The molecule has 2 aromatic carbocycles. The first kappa shape index (κ1) is 25.6. The van der Waals surface area contributed by atoms with Gasteiger partial charge in [0, 0.05) is 17.9 Å². The topological polar surface area (TPSA) is 49.4 Å². The van der Waals surface area contributed by atoms with Crippen LogP contribution in [-0.2, 0) is 21.9 Å². The Hall–Kier alpha value is -3.04. The second-order valence-corrected chi connectivity index (χ2v) is 8.79. The Labute approximate surface area is 192 Å². The second-order valence-electron chi connectivity index (χ2n) is 8.79. The van der Waals surface area contributed by atoms with Crippen LogP contribution >= 0.6 is 0 Å². The first-order valence-electron chi connectivity index (χ1n) is 10.6. The van der Waals surface area contributed by atoms with E-state index in [0.717, 1.165) is 11.1 Å². The van der Waals surface area contributed by atoms with Gasteiger partial charge in [-0.2, -0.15) is 26.3 Å². The maximum atomic E-state index is 13.3. The molecule has 0 saturated carbocycles. The summed E-state index contributed by atoms with van der Waals surface area (Å²) in [6.07, 6.45) is -9.82. The molecule has 0 aliphatic carbocycles. The molecule has 4 nitrogen and oxygen atoms in total. The lowest BCUT2D eigenvalue weighted by Crippen LogP contribution is -2.40. The zero-order valence-electron chi connectivity index (χ0n) is 19.0. The Bertz CT molecular complexity index is 1070. The minimum atomic E-state index is -5.04. The molecule has 2 amide bonds. The summed E-state index contributed by atoms with van der Waals surface area (Å²) in [5.41, 5.74) is -2.83. The summed E-state index contributed by atoms with van der Waals surface area (Å²) < 4.78 is 79.2. The van der Waals surface area contributed by atoms with Gasteiger partial charge >= 0.3 is 12.4 Å². The van der Waals surface area contributed by atoms with Crippen molar-refractivity contribution in [3.05, 3.63) is 58.7 Å². The van der Waals surface area contributed by atoms with Crippen LogP contribution in [0.2, 0.25) is 0 Å². The van der Waals surface area contributed by atoms with Gasteiger partial charge in [-0.15, -0.1) is 0 Å². The van der Waals surface area contributed by atoms with Crippen molar-refractivity contribution in [2.45, 2.75) is 46.5 Å². The molecule has 0 aromatic heterocycles. The fourth-order valence-corrected chi connectivity index (χ4v) is 4.55.